The van der Waals surface area contributed by atoms with Crippen molar-refractivity contribution in [2.45, 2.75) is 25.4 Å². The summed E-state index contributed by atoms with van der Waals surface area (Å²) >= 11 is 0. The Bertz CT molecular complexity index is 656. The summed E-state index contributed by atoms with van der Waals surface area (Å²) in [5.74, 6) is 0. The molecule has 1 heterocycles. The minimum Gasteiger partial charge on any atom is -0.378 e. The largest absolute Gasteiger partial charge is 0.378 e. The molecule has 2 aromatic rings. The Labute approximate surface area is 131 Å². The molecule has 2 N–H and O–H groups in total. The number of hydrogen-bond acceptors (Lipinski definition) is 2. The molecule has 0 saturated carbocycles. The molecule has 0 saturated heterocycles. The van der Waals surface area contributed by atoms with E-state index in [9.17, 15) is 4.79 Å². The topological polar surface area (TPSA) is 44.4 Å². The SMILES string of the molecule is CNC(=O)N1c2ccccc2C(Nc2ccccc2)CC1C. The van der Waals surface area contributed by atoms with Crippen molar-refractivity contribution in [3.8, 4) is 0 Å². The van der Waals surface area contributed by atoms with Crippen LogP contribution in [0.3, 0.4) is 0 Å². The Morgan fingerprint density at radius 3 is 2.50 bits per heavy atom. The molecule has 1 aliphatic heterocycles. The Morgan fingerprint density at radius 2 is 1.77 bits per heavy atom. The number of fused-ring (bicyclic) bond motifs is 1. The lowest BCUT2D eigenvalue weighted by Gasteiger charge is -2.39. The van der Waals surface area contributed by atoms with E-state index >= 15 is 0 Å². The third-order valence-electron chi connectivity index (χ3n) is 4.14. The van der Waals surface area contributed by atoms with Gasteiger partial charge in [0.05, 0.1) is 11.7 Å². The van der Waals surface area contributed by atoms with Crippen molar-refractivity contribution in [2.75, 3.05) is 17.3 Å². The standard InChI is InChI=1S/C18H21N3O/c1-13-12-16(20-14-8-4-3-5-9-14)15-10-6-7-11-17(15)21(13)18(22)19-2/h3-11,13,16,20H,12H2,1-2H3,(H,19,22). The summed E-state index contributed by atoms with van der Waals surface area (Å²) in [7, 11) is 1.67. The van der Waals surface area contributed by atoms with Gasteiger partial charge in [-0.05, 0) is 37.1 Å². The number of nitrogens with one attached hydrogen (secondary N) is 2. The first-order chi connectivity index (χ1) is 10.7. The van der Waals surface area contributed by atoms with Gasteiger partial charge in [-0.25, -0.2) is 4.79 Å². The fraction of sp³-hybridized carbons (Fsp3) is 0.278. The van der Waals surface area contributed by atoms with Gasteiger partial charge in [0.15, 0.2) is 0 Å². The zero-order valence-electron chi connectivity index (χ0n) is 12.9. The highest BCUT2D eigenvalue weighted by molar-refractivity contribution is 5.94. The second-order valence-electron chi connectivity index (χ2n) is 5.63. The average molecular weight is 295 g/mol. The molecule has 2 atom stereocenters. The van der Waals surface area contributed by atoms with E-state index in [2.05, 4.69) is 35.8 Å². The summed E-state index contributed by atoms with van der Waals surface area (Å²) in [5.41, 5.74) is 3.24. The average Bonchev–Trinajstić information content (AvgIpc) is 2.55. The number of urea groups is 1. The normalized spacial score (nSPS) is 20.2. The van der Waals surface area contributed by atoms with Gasteiger partial charge < -0.3 is 10.6 Å². The molecule has 2 unspecified atom stereocenters. The van der Waals surface area contributed by atoms with Gasteiger partial charge in [0.2, 0.25) is 0 Å². The first-order valence-electron chi connectivity index (χ1n) is 7.62. The lowest BCUT2D eigenvalue weighted by atomic mass is 9.91. The number of hydrogen-bond donors (Lipinski definition) is 2. The molecule has 2 amide bonds. The molecule has 1 aliphatic rings. The molecule has 0 spiro atoms. The zero-order valence-corrected chi connectivity index (χ0v) is 12.9. The molecule has 114 valence electrons. The molecule has 2 aromatic carbocycles. The number of rotatable bonds is 2. The van der Waals surface area contributed by atoms with Crippen LogP contribution < -0.4 is 15.5 Å². The van der Waals surface area contributed by atoms with Gasteiger partial charge in [-0.1, -0.05) is 36.4 Å². The number of amides is 2. The quantitative estimate of drug-likeness (QED) is 0.885. The van der Waals surface area contributed by atoms with E-state index in [-0.39, 0.29) is 18.1 Å². The number of carbonyl (C=O) groups excluding carboxylic acids is 1. The summed E-state index contributed by atoms with van der Waals surface area (Å²) in [4.78, 5) is 14.0. The Balaban J connectivity index is 1.95. The predicted molar refractivity (Wildman–Crippen MR) is 90.3 cm³/mol. The maximum atomic E-state index is 12.2. The number of benzene rings is 2. The summed E-state index contributed by atoms with van der Waals surface area (Å²) in [6, 6.07) is 18.6. The second kappa shape index (κ2) is 6.10. The van der Waals surface area contributed by atoms with Crippen LogP contribution in [0, 0.1) is 0 Å². The van der Waals surface area contributed by atoms with Crippen molar-refractivity contribution in [1.82, 2.24) is 5.32 Å². The predicted octanol–water partition coefficient (Wildman–Crippen LogP) is 3.78. The maximum absolute atomic E-state index is 12.2. The van der Waals surface area contributed by atoms with Gasteiger partial charge >= 0.3 is 6.03 Å². The Kier molecular flexibility index (Phi) is 4.00. The van der Waals surface area contributed by atoms with Crippen LogP contribution in [-0.4, -0.2) is 19.1 Å². The molecular formula is C18H21N3O. The highest BCUT2D eigenvalue weighted by Gasteiger charge is 2.33. The Morgan fingerprint density at radius 1 is 1.09 bits per heavy atom. The van der Waals surface area contributed by atoms with Crippen molar-refractivity contribution in [2.24, 2.45) is 0 Å². The molecule has 0 aromatic heterocycles. The molecule has 0 bridgehead atoms. The van der Waals surface area contributed by atoms with Crippen molar-refractivity contribution >= 4 is 17.4 Å². The lowest BCUT2D eigenvalue weighted by Crippen LogP contribution is -2.48. The maximum Gasteiger partial charge on any atom is 0.321 e. The molecule has 0 fully saturated rings. The van der Waals surface area contributed by atoms with Gasteiger partial charge in [-0.3, -0.25) is 4.90 Å². The van der Waals surface area contributed by atoms with E-state index in [1.54, 1.807) is 7.05 Å². The van der Waals surface area contributed by atoms with Gasteiger partial charge in [0.1, 0.15) is 0 Å². The molecule has 0 radical (unpaired) electrons. The number of anilines is 2. The van der Waals surface area contributed by atoms with Crippen LogP contribution in [0.2, 0.25) is 0 Å². The molecule has 22 heavy (non-hydrogen) atoms. The van der Waals surface area contributed by atoms with Crippen LogP contribution in [0.5, 0.6) is 0 Å². The minimum absolute atomic E-state index is 0.0573. The molecule has 4 nitrogen and oxygen atoms in total. The van der Waals surface area contributed by atoms with Gasteiger partial charge in [0.25, 0.3) is 0 Å². The minimum atomic E-state index is -0.0573. The van der Waals surface area contributed by atoms with Crippen LogP contribution >= 0.6 is 0 Å². The highest BCUT2D eigenvalue weighted by atomic mass is 16.2. The summed E-state index contributed by atoms with van der Waals surface area (Å²) in [6.45, 7) is 2.09. The van der Waals surface area contributed by atoms with E-state index < -0.39 is 0 Å². The van der Waals surface area contributed by atoms with E-state index in [0.717, 1.165) is 23.4 Å². The van der Waals surface area contributed by atoms with E-state index in [0.29, 0.717) is 0 Å². The fourth-order valence-corrected chi connectivity index (χ4v) is 3.11. The summed E-state index contributed by atoms with van der Waals surface area (Å²) in [6.07, 6.45) is 0.874. The first-order valence-corrected chi connectivity index (χ1v) is 7.62. The third kappa shape index (κ3) is 2.64. The summed E-state index contributed by atoms with van der Waals surface area (Å²) < 4.78 is 0. The van der Waals surface area contributed by atoms with Gasteiger partial charge in [0, 0.05) is 18.8 Å². The van der Waals surface area contributed by atoms with Crippen LogP contribution in [0.25, 0.3) is 0 Å². The van der Waals surface area contributed by atoms with Crippen molar-refractivity contribution < 1.29 is 4.79 Å². The van der Waals surface area contributed by atoms with Crippen LogP contribution in [0.1, 0.15) is 24.9 Å². The van der Waals surface area contributed by atoms with Crippen molar-refractivity contribution in [1.29, 1.82) is 0 Å². The molecular weight excluding hydrogens is 274 g/mol. The lowest BCUT2D eigenvalue weighted by molar-refractivity contribution is 0.245. The van der Waals surface area contributed by atoms with Crippen LogP contribution in [0.15, 0.2) is 54.6 Å². The molecule has 3 rings (SSSR count). The van der Waals surface area contributed by atoms with Crippen molar-refractivity contribution in [3.63, 3.8) is 0 Å². The Hall–Kier alpha value is -2.49. The zero-order chi connectivity index (χ0) is 15.5. The second-order valence-corrected chi connectivity index (χ2v) is 5.63. The van der Waals surface area contributed by atoms with Crippen LogP contribution in [0.4, 0.5) is 16.2 Å². The number of nitrogens with zero attached hydrogens (tertiary/aromatic N) is 1. The third-order valence-corrected chi connectivity index (χ3v) is 4.14. The monoisotopic (exact) mass is 295 g/mol. The number of carbonyl (C=O) groups is 1. The van der Waals surface area contributed by atoms with E-state index in [4.69, 9.17) is 0 Å². The highest BCUT2D eigenvalue weighted by Crippen LogP contribution is 2.38. The smallest absolute Gasteiger partial charge is 0.321 e. The van der Waals surface area contributed by atoms with Crippen molar-refractivity contribution in [3.05, 3.63) is 60.2 Å². The first kappa shape index (κ1) is 14.4. The van der Waals surface area contributed by atoms with E-state index in [1.165, 1.54) is 0 Å². The fourth-order valence-electron chi connectivity index (χ4n) is 3.11. The number of para-hydroxylation sites is 2. The van der Waals surface area contributed by atoms with Crippen LogP contribution in [-0.2, 0) is 0 Å². The van der Waals surface area contributed by atoms with E-state index in [1.807, 2.05) is 41.3 Å². The molecule has 4 heteroatoms. The van der Waals surface area contributed by atoms with Gasteiger partial charge in [-0.15, -0.1) is 0 Å². The molecule has 0 aliphatic carbocycles. The van der Waals surface area contributed by atoms with Gasteiger partial charge in [-0.2, -0.15) is 0 Å². The summed E-state index contributed by atoms with van der Waals surface area (Å²) in [5, 5.41) is 6.32.